The minimum absolute atomic E-state index is 0.372. The summed E-state index contributed by atoms with van der Waals surface area (Å²) in [6.07, 6.45) is 1.16. The molecule has 0 spiro atoms. The molecule has 1 aromatic carbocycles. The molecule has 0 aliphatic carbocycles. The van der Waals surface area contributed by atoms with Crippen molar-refractivity contribution in [3.8, 4) is 11.5 Å². The zero-order chi connectivity index (χ0) is 11.8. The Hall–Kier alpha value is -1.94. The van der Waals surface area contributed by atoms with Gasteiger partial charge in [-0.05, 0) is 24.3 Å². The van der Waals surface area contributed by atoms with Crippen LogP contribution in [0.2, 0.25) is 5.02 Å². The molecular weight excluding hydrogens is 241 g/mol. The summed E-state index contributed by atoms with van der Waals surface area (Å²) in [5, 5.41) is 0.576. The van der Waals surface area contributed by atoms with Crippen molar-refractivity contribution in [2.45, 2.75) is 0 Å². The first-order chi connectivity index (χ1) is 8.24. The number of nitrogens with one attached hydrogen (secondary N) is 1. The zero-order valence-corrected chi connectivity index (χ0v) is 9.37. The Morgan fingerprint density at radius 2 is 2.06 bits per heavy atom. The highest BCUT2D eigenvalue weighted by Gasteiger charge is 2.08. The second kappa shape index (κ2) is 3.82. The fourth-order valence-corrected chi connectivity index (χ4v) is 1.85. The van der Waals surface area contributed by atoms with E-state index in [1.165, 1.54) is 6.07 Å². The van der Waals surface area contributed by atoms with Gasteiger partial charge in [0.2, 0.25) is 0 Å². The predicted octanol–water partition coefficient (Wildman–Crippen LogP) is 3.42. The highest BCUT2D eigenvalue weighted by atomic mass is 35.5. The average Bonchev–Trinajstić information content (AvgIpc) is 2.75. The third-order valence-electron chi connectivity index (χ3n) is 2.43. The van der Waals surface area contributed by atoms with Crippen LogP contribution in [0.1, 0.15) is 0 Å². The molecule has 0 radical (unpaired) electrons. The Balaban J connectivity index is 2.18. The van der Waals surface area contributed by atoms with Crippen LogP contribution in [-0.2, 0) is 0 Å². The number of hydrogen-bond acceptors (Lipinski definition) is 2. The number of hydrogen-bond donors (Lipinski definition) is 1. The average molecular weight is 248 g/mol. The van der Waals surface area contributed by atoms with Gasteiger partial charge in [-0.25, -0.2) is 14.4 Å². The monoisotopic (exact) mass is 247 g/mol. The van der Waals surface area contributed by atoms with E-state index in [-0.39, 0.29) is 5.82 Å². The summed E-state index contributed by atoms with van der Waals surface area (Å²) in [4.78, 5) is 11.4. The van der Waals surface area contributed by atoms with Crippen LogP contribution in [0, 0.1) is 5.82 Å². The molecule has 5 heteroatoms. The number of halogens is 2. The molecule has 0 aliphatic rings. The van der Waals surface area contributed by atoms with E-state index < -0.39 is 0 Å². The molecule has 0 saturated carbocycles. The summed E-state index contributed by atoms with van der Waals surface area (Å²) in [6, 6.07) is 8.40. The van der Waals surface area contributed by atoms with Crippen molar-refractivity contribution in [2.75, 3.05) is 0 Å². The summed E-state index contributed by atoms with van der Waals surface area (Å²) in [5.41, 5.74) is 2.10. The Morgan fingerprint density at radius 1 is 1.18 bits per heavy atom. The smallest absolute Gasteiger partial charge is 0.157 e. The maximum atomic E-state index is 12.8. The quantitative estimate of drug-likeness (QED) is 0.716. The molecule has 0 amide bonds. The van der Waals surface area contributed by atoms with Crippen molar-refractivity contribution in [1.29, 1.82) is 0 Å². The second-order valence-corrected chi connectivity index (χ2v) is 3.99. The third-order valence-corrected chi connectivity index (χ3v) is 2.74. The molecule has 1 N–H and O–H groups in total. The Bertz CT molecular complexity index is 676. The third kappa shape index (κ3) is 1.76. The molecule has 0 atom stereocenters. The lowest BCUT2D eigenvalue weighted by atomic mass is 10.3. The SMILES string of the molecule is Fc1ccc(-c2nc3c(Cl)cccc3[nH]2)nc1. The van der Waals surface area contributed by atoms with Gasteiger partial charge in [-0.2, -0.15) is 0 Å². The lowest BCUT2D eigenvalue weighted by molar-refractivity contribution is 0.621. The van der Waals surface area contributed by atoms with Gasteiger partial charge >= 0.3 is 0 Å². The van der Waals surface area contributed by atoms with Crippen molar-refractivity contribution in [3.05, 3.63) is 47.4 Å². The lowest BCUT2D eigenvalue weighted by Crippen LogP contribution is -1.85. The van der Waals surface area contributed by atoms with Crippen LogP contribution in [0.25, 0.3) is 22.6 Å². The molecular formula is C12H7ClFN3. The fourth-order valence-electron chi connectivity index (χ4n) is 1.63. The van der Waals surface area contributed by atoms with E-state index in [1.54, 1.807) is 12.1 Å². The number of fused-ring (bicyclic) bond motifs is 1. The van der Waals surface area contributed by atoms with Gasteiger partial charge in [0.15, 0.2) is 5.82 Å². The Labute approximate surface area is 101 Å². The van der Waals surface area contributed by atoms with Crippen LogP contribution in [0.3, 0.4) is 0 Å². The topological polar surface area (TPSA) is 41.6 Å². The number of aromatic nitrogens is 3. The molecule has 0 saturated heterocycles. The van der Waals surface area contributed by atoms with E-state index in [1.807, 2.05) is 12.1 Å². The van der Waals surface area contributed by atoms with E-state index >= 15 is 0 Å². The number of pyridine rings is 1. The van der Waals surface area contributed by atoms with Crippen molar-refractivity contribution in [2.24, 2.45) is 0 Å². The molecule has 0 unspecified atom stereocenters. The van der Waals surface area contributed by atoms with E-state index in [4.69, 9.17) is 11.6 Å². The molecule has 0 bridgehead atoms. The molecule has 2 heterocycles. The number of aromatic amines is 1. The highest BCUT2D eigenvalue weighted by molar-refractivity contribution is 6.34. The first-order valence-electron chi connectivity index (χ1n) is 5.00. The normalized spacial score (nSPS) is 10.9. The number of para-hydroxylation sites is 1. The van der Waals surface area contributed by atoms with Gasteiger partial charge in [0.1, 0.15) is 17.0 Å². The number of nitrogens with zero attached hydrogens (tertiary/aromatic N) is 2. The standard InChI is InChI=1S/C12H7ClFN3/c13-8-2-1-3-9-11(8)17-12(16-9)10-5-4-7(14)6-15-10/h1-6H,(H,16,17). The summed E-state index contributed by atoms with van der Waals surface area (Å²) < 4.78 is 12.8. The minimum atomic E-state index is -0.372. The largest absolute Gasteiger partial charge is 0.337 e. The summed E-state index contributed by atoms with van der Waals surface area (Å²) in [7, 11) is 0. The summed E-state index contributed by atoms with van der Waals surface area (Å²) in [6.45, 7) is 0. The van der Waals surface area contributed by atoms with E-state index in [9.17, 15) is 4.39 Å². The number of H-pyrrole nitrogens is 1. The predicted molar refractivity (Wildman–Crippen MR) is 64.3 cm³/mol. The highest BCUT2D eigenvalue weighted by Crippen LogP contribution is 2.24. The van der Waals surface area contributed by atoms with Crippen LogP contribution in [0.15, 0.2) is 36.5 Å². The van der Waals surface area contributed by atoms with Crippen LogP contribution in [0.4, 0.5) is 4.39 Å². The van der Waals surface area contributed by atoms with Gasteiger partial charge in [0, 0.05) is 0 Å². The minimum Gasteiger partial charge on any atom is -0.337 e. The van der Waals surface area contributed by atoms with Gasteiger partial charge < -0.3 is 4.98 Å². The van der Waals surface area contributed by atoms with Crippen LogP contribution in [-0.4, -0.2) is 15.0 Å². The number of benzene rings is 1. The summed E-state index contributed by atoms with van der Waals surface area (Å²) >= 11 is 6.02. The summed E-state index contributed by atoms with van der Waals surface area (Å²) in [5.74, 6) is 0.205. The first-order valence-corrected chi connectivity index (χ1v) is 5.38. The molecule has 84 valence electrons. The van der Waals surface area contributed by atoms with Crippen LogP contribution in [0.5, 0.6) is 0 Å². The number of imidazole rings is 1. The van der Waals surface area contributed by atoms with Gasteiger partial charge in [0.25, 0.3) is 0 Å². The Morgan fingerprint density at radius 3 is 2.76 bits per heavy atom. The van der Waals surface area contributed by atoms with E-state index in [2.05, 4.69) is 15.0 Å². The maximum absolute atomic E-state index is 12.8. The van der Waals surface area contributed by atoms with Crippen molar-refractivity contribution in [3.63, 3.8) is 0 Å². The lowest BCUT2D eigenvalue weighted by Gasteiger charge is -1.93. The number of rotatable bonds is 1. The molecule has 3 rings (SSSR count). The van der Waals surface area contributed by atoms with E-state index in [0.717, 1.165) is 11.7 Å². The second-order valence-electron chi connectivity index (χ2n) is 3.58. The van der Waals surface area contributed by atoms with Gasteiger partial charge in [0.05, 0.1) is 16.7 Å². The molecule has 17 heavy (non-hydrogen) atoms. The van der Waals surface area contributed by atoms with Crippen molar-refractivity contribution in [1.82, 2.24) is 15.0 Å². The van der Waals surface area contributed by atoms with E-state index in [0.29, 0.717) is 22.1 Å². The van der Waals surface area contributed by atoms with Crippen molar-refractivity contribution >= 4 is 22.6 Å². The van der Waals surface area contributed by atoms with Crippen molar-refractivity contribution < 1.29 is 4.39 Å². The Kier molecular flexibility index (Phi) is 2.30. The zero-order valence-electron chi connectivity index (χ0n) is 8.61. The first kappa shape index (κ1) is 10.2. The molecule has 0 fully saturated rings. The van der Waals surface area contributed by atoms with Crippen LogP contribution >= 0.6 is 11.6 Å². The molecule has 0 aliphatic heterocycles. The van der Waals surface area contributed by atoms with Gasteiger partial charge in [-0.15, -0.1) is 0 Å². The van der Waals surface area contributed by atoms with Gasteiger partial charge in [-0.3, -0.25) is 0 Å². The van der Waals surface area contributed by atoms with Gasteiger partial charge in [-0.1, -0.05) is 17.7 Å². The molecule has 2 aromatic heterocycles. The fraction of sp³-hybridized carbons (Fsp3) is 0. The molecule has 3 nitrogen and oxygen atoms in total. The molecule has 3 aromatic rings. The van der Waals surface area contributed by atoms with Crippen LogP contribution < -0.4 is 0 Å². The maximum Gasteiger partial charge on any atom is 0.157 e.